The van der Waals surface area contributed by atoms with Gasteiger partial charge in [0.1, 0.15) is 11.4 Å². The van der Waals surface area contributed by atoms with Crippen LogP contribution in [0.2, 0.25) is 0 Å². The summed E-state index contributed by atoms with van der Waals surface area (Å²) in [6, 6.07) is 10.0. The Morgan fingerprint density at radius 3 is 2.30 bits per heavy atom. The van der Waals surface area contributed by atoms with Crippen LogP contribution in [0.25, 0.3) is 5.57 Å². The van der Waals surface area contributed by atoms with Crippen molar-refractivity contribution in [3.63, 3.8) is 0 Å². The number of nitrogens with one attached hydrogen (secondary N) is 1. The number of benzene rings is 2. The Morgan fingerprint density at radius 1 is 0.909 bits per heavy atom. The lowest BCUT2D eigenvalue weighted by atomic mass is 10.0. The first-order valence-electron chi connectivity index (χ1n) is 11.1. The number of hydrogen-bond acceptors (Lipinski definition) is 5. The van der Waals surface area contributed by atoms with Gasteiger partial charge in [0.2, 0.25) is 0 Å². The van der Waals surface area contributed by atoms with Gasteiger partial charge >= 0.3 is 0 Å². The van der Waals surface area contributed by atoms with Crippen molar-refractivity contribution in [1.29, 1.82) is 0 Å². The minimum atomic E-state index is -1.05. The molecule has 1 N–H and O–H groups in total. The second-order valence-electron chi connectivity index (χ2n) is 7.54. The Bertz CT molecular complexity index is 1020. The second kappa shape index (κ2) is 11.6. The lowest BCUT2D eigenvalue weighted by molar-refractivity contribution is -0.137. The molecule has 1 aliphatic rings. The molecule has 176 valence electrons. The van der Waals surface area contributed by atoms with E-state index in [9.17, 15) is 18.4 Å². The predicted octanol–water partition coefficient (Wildman–Crippen LogP) is 4.76. The molecule has 0 fully saturated rings. The fraction of sp³-hybridized carbons (Fsp3) is 0.360. The van der Waals surface area contributed by atoms with Crippen LogP contribution in [-0.4, -0.2) is 43.1 Å². The molecule has 0 bridgehead atoms. The maximum Gasteiger partial charge on any atom is 0.278 e. The van der Waals surface area contributed by atoms with Crippen molar-refractivity contribution in [1.82, 2.24) is 4.90 Å². The number of ether oxygens (including phenoxy) is 2. The highest BCUT2D eigenvalue weighted by molar-refractivity contribution is 6.36. The van der Waals surface area contributed by atoms with Gasteiger partial charge in [0.25, 0.3) is 11.8 Å². The average Bonchev–Trinajstić information content (AvgIpc) is 3.03. The van der Waals surface area contributed by atoms with E-state index in [0.717, 1.165) is 29.9 Å². The van der Waals surface area contributed by atoms with E-state index >= 15 is 0 Å². The third-order valence-corrected chi connectivity index (χ3v) is 5.12. The van der Waals surface area contributed by atoms with Crippen molar-refractivity contribution in [3.8, 4) is 5.75 Å². The minimum absolute atomic E-state index is 0.0158. The first-order chi connectivity index (χ1) is 16.0. The van der Waals surface area contributed by atoms with E-state index in [1.807, 2.05) is 6.92 Å². The summed E-state index contributed by atoms with van der Waals surface area (Å²) in [5, 5.41) is 2.82. The molecule has 2 aromatic carbocycles. The van der Waals surface area contributed by atoms with Gasteiger partial charge in [-0.1, -0.05) is 25.5 Å². The molecule has 0 unspecified atom stereocenters. The van der Waals surface area contributed by atoms with Gasteiger partial charge in [-0.15, -0.1) is 0 Å². The van der Waals surface area contributed by atoms with E-state index < -0.39 is 23.4 Å². The summed E-state index contributed by atoms with van der Waals surface area (Å²) in [7, 11) is 0. The monoisotopic (exact) mass is 458 g/mol. The van der Waals surface area contributed by atoms with Gasteiger partial charge in [-0.25, -0.2) is 8.78 Å². The van der Waals surface area contributed by atoms with Gasteiger partial charge in [-0.2, -0.15) is 0 Å². The van der Waals surface area contributed by atoms with E-state index in [2.05, 4.69) is 12.2 Å². The molecular formula is C25H28F2N2O4. The molecule has 0 spiro atoms. The van der Waals surface area contributed by atoms with Crippen LogP contribution in [0.1, 0.15) is 38.7 Å². The lowest BCUT2D eigenvalue weighted by Gasteiger charge is -2.15. The van der Waals surface area contributed by atoms with Crippen LogP contribution in [0, 0.1) is 11.6 Å². The molecule has 1 heterocycles. The number of halogens is 2. The van der Waals surface area contributed by atoms with Crippen molar-refractivity contribution in [2.45, 2.75) is 33.1 Å². The van der Waals surface area contributed by atoms with Crippen molar-refractivity contribution >= 4 is 23.1 Å². The first kappa shape index (κ1) is 24.4. The normalized spacial score (nSPS) is 13.8. The summed E-state index contributed by atoms with van der Waals surface area (Å²) in [6.45, 7) is 5.69. The first-order valence-corrected chi connectivity index (χ1v) is 11.1. The Hall–Kier alpha value is -3.26. The molecule has 0 atom stereocenters. The molecule has 0 saturated carbocycles. The molecule has 1 aliphatic heterocycles. The Labute approximate surface area is 192 Å². The highest BCUT2D eigenvalue weighted by Crippen LogP contribution is 2.32. The topological polar surface area (TPSA) is 67.9 Å². The van der Waals surface area contributed by atoms with Crippen LogP contribution >= 0.6 is 0 Å². The quantitative estimate of drug-likeness (QED) is 0.367. The molecule has 2 aromatic rings. The number of carbonyl (C=O) groups excluding carboxylic acids is 2. The van der Waals surface area contributed by atoms with E-state index in [1.165, 1.54) is 6.07 Å². The highest BCUT2D eigenvalue weighted by atomic mass is 19.2. The van der Waals surface area contributed by atoms with Crippen LogP contribution in [0.4, 0.5) is 14.5 Å². The Balaban J connectivity index is 1.85. The van der Waals surface area contributed by atoms with Crippen LogP contribution in [0.3, 0.4) is 0 Å². The van der Waals surface area contributed by atoms with Crippen molar-refractivity contribution in [2.24, 2.45) is 0 Å². The largest absolute Gasteiger partial charge is 0.494 e. The standard InChI is InChI=1S/C25H28F2N2O4/c1-3-5-14-32-15-6-13-29-24(30)22(17-7-10-19(11-8-17)33-4-2)23(25(29)31)28-18-9-12-20(26)21(27)16-18/h7-12,16,28H,3-6,13-15H2,1-2H3. The third kappa shape index (κ3) is 5.96. The number of amides is 2. The molecule has 0 aromatic heterocycles. The van der Waals surface area contributed by atoms with Crippen molar-refractivity contribution < 1.29 is 27.8 Å². The Kier molecular flexibility index (Phi) is 8.54. The van der Waals surface area contributed by atoms with E-state index in [0.29, 0.717) is 37.6 Å². The lowest BCUT2D eigenvalue weighted by Crippen LogP contribution is -2.34. The third-order valence-electron chi connectivity index (χ3n) is 5.12. The maximum atomic E-state index is 13.7. The number of unbranched alkanes of at least 4 members (excludes halogenated alkanes) is 1. The smallest absolute Gasteiger partial charge is 0.278 e. The summed E-state index contributed by atoms with van der Waals surface area (Å²) in [6.07, 6.45) is 2.47. The average molecular weight is 459 g/mol. The number of imide groups is 1. The highest BCUT2D eigenvalue weighted by Gasteiger charge is 2.39. The molecule has 0 saturated heterocycles. The van der Waals surface area contributed by atoms with Crippen molar-refractivity contribution in [2.75, 3.05) is 31.7 Å². The number of nitrogens with zero attached hydrogens (tertiary/aromatic N) is 1. The molecular weight excluding hydrogens is 430 g/mol. The van der Waals surface area contributed by atoms with Gasteiger partial charge in [-0.05, 0) is 49.6 Å². The molecule has 0 radical (unpaired) electrons. The summed E-state index contributed by atoms with van der Waals surface area (Å²) in [5.74, 6) is -2.40. The zero-order valence-corrected chi connectivity index (χ0v) is 18.8. The fourth-order valence-corrected chi connectivity index (χ4v) is 3.44. The SMILES string of the molecule is CCCCOCCCN1C(=O)C(Nc2ccc(F)c(F)c2)=C(c2ccc(OCC)cc2)C1=O. The fourth-order valence-electron chi connectivity index (χ4n) is 3.44. The summed E-state index contributed by atoms with van der Waals surface area (Å²) < 4.78 is 38.0. The number of anilines is 1. The van der Waals surface area contributed by atoms with E-state index in [1.54, 1.807) is 24.3 Å². The molecule has 3 rings (SSSR count). The predicted molar refractivity (Wildman–Crippen MR) is 122 cm³/mol. The van der Waals surface area contributed by atoms with E-state index in [4.69, 9.17) is 9.47 Å². The molecule has 2 amide bonds. The Morgan fingerprint density at radius 2 is 1.64 bits per heavy atom. The summed E-state index contributed by atoms with van der Waals surface area (Å²) in [4.78, 5) is 27.5. The second-order valence-corrected chi connectivity index (χ2v) is 7.54. The maximum absolute atomic E-state index is 13.7. The van der Waals surface area contributed by atoms with Gasteiger partial charge in [0.15, 0.2) is 11.6 Å². The van der Waals surface area contributed by atoms with Crippen LogP contribution < -0.4 is 10.1 Å². The molecule has 33 heavy (non-hydrogen) atoms. The number of carbonyl (C=O) groups is 2. The summed E-state index contributed by atoms with van der Waals surface area (Å²) >= 11 is 0. The van der Waals surface area contributed by atoms with Gasteiger partial charge in [-0.3, -0.25) is 14.5 Å². The number of rotatable bonds is 12. The van der Waals surface area contributed by atoms with E-state index in [-0.39, 0.29) is 23.5 Å². The van der Waals surface area contributed by atoms with Crippen LogP contribution in [0.5, 0.6) is 5.75 Å². The van der Waals surface area contributed by atoms with Crippen molar-refractivity contribution in [3.05, 3.63) is 65.4 Å². The summed E-state index contributed by atoms with van der Waals surface area (Å²) in [5.41, 5.74) is 0.864. The van der Waals surface area contributed by atoms with Gasteiger partial charge in [0.05, 0.1) is 12.2 Å². The van der Waals surface area contributed by atoms with Crippen LogP contribution in [-0.2, 0) is 14.3 Å². The molecule has 0 aliphatic carbocycles. The number of hydrogen-bond donors (Lipinski definition) is 1. The molecule has 6 nitrogen and oxygen atoms in total. The van der Waals surface area contributed by atoms with Crippen LogP contribution in [0.15, 0.2) is 48.2 Å². The van der Waals surface area contributed by atoms with Gasteiger partial charge in [0, 0.05) is 31.5 Å². The zero-order chi connectivity index (χ0) is 23.8. The molecule has 8 heteroatoms. The van der Waals surface area contributed by atoms with Gasteiger partial charge < -0.3 is 14.8 Å². The minimum Gasteiger partial charge on any atom is -0.494 e. The zero-order valence-electron chi connectivity index (χ0n) is 18.8.